The van der Waals surface area contributed by atoms with Gasteiger partial charge in [-0.15, -0.1) is 0 Å². The van der Waals surface area contributed by atoms with Crippen LogP contribution in [0.4, 0.5) is 4.39 Å². The summed E-state index contributed by atoms with van der Waals surface area (Å²) in [6.07, 6.45) is 1.04. The van der Waals surface area contributed by atoms with Crippen LogP contribution in [0, 0.1) is 0 Å². The molecule has 86 valence electrons. The molecule has 2 nitrogen and oxygen atoms in total. The van der Waals surface area contributed by atoms with E-state index in [0.29, 0.717) is 19.6 Å². The predicted molar refractivity (Wildman–Crippen MR) is 58.7 cm³/mol. The van der Waals surface area contributed by atoms with E-state index in [0.717, 1.165) is 13.0 Å². The Morgan fingerprint density at radius 3 is 3.07 bits per heavy atom. The van der Waals surface area contributed by atoms with Crippen LogP contribution in [0.3, 0.4) is 0 Å². The molecule has 2 fully saturated rings. The number of hydrogen-bond donors (Lipinski definition) is 0. The molecule has 0 aromatic heterocycles. The van der Waals surface area contributed by atoms with Crippen molar-refractivity contribution in [1.29, 1.82) is 0 Å². The van der Waals surface area contributed by atoms with Gasteiger partial charge in [-0.25, -0.2) is 4.39 Å². The van der Waals surface area contributed by atoms with Crippen molar-refractivity contribution < 1.29 is 9.13 Å². The molecular weight excluding hydrogens is 193 g/mol. The third-order valence-corrected chi connectivity index (χ3v) is 3.37. The fourth-order valence-corrected chi connectivity index (χ4v) is 2.77. The topological polar surface area (TPSA) is 12.5 Å². The van der Waals surface area contributed by atoms with Crippen molar-refractivity contribution in [3.8, 4) is 0 Å². The van der Waals surface area contributed by atoms with E-state index in [2.05, 4.69) is 11.5 Å². The Labute approximate surface area is 91.1 Å². The molecule has 0 spiro atoms. The van der Waals surface area contributed by atoms with Crippen LogP contribution in [0.15, 0.2) is 12.2 Å². The van der Waals surface area contributed by atoms with Crippen LogP contribution in [0.5, 0.6) is 0 Å². The van der Waals surface area contributed by atoms with E-state index >= 15 is 0 Å². The summed E-state index contributed by atoms with van der Waals surface area (Å²) in [5.41, 5.74) is 1.13. The molecule has 2 atom stereocenters. The Morgan fingerprint density at radius 2 is 2.40 bits per heavy atom. The molecular formula is C12H20FNO. The van der Waals surface area contributed by atoms with Crippen molar-refractivity contribution in [2.75, 3.05) is 19.7 Å². The molecule has 0 saturated carbocycles. The molecule has 0 aromatic carbocycles. The Kier molecular flexibility index (Phi) is 2.86. The smallest absolute Gasteiger partial charge is 0.115 e. The first kappa shape index (κ1) is 11.1. The standard InChI is InChI=1S/C12H20FNO/c1-9(2)15-8-12-4-10(3)6-14(12)7-11(13)5-12/h9,11H,3-8H2,1-2H3/t11-,12+/m0/s1. The molecule has 15 heavy (non-hydrogen) atoms. The molecule has 0 aliphatic carbocycles. The van der Waals surface area contributed by atoms with Gasteiger partial charge in [0.05, 0.1) is 18.2 Å². The Morgan fingerprint density at radius 1 is 1.67 bits per heavy atom. The van der Waals surface area contributed by atoms with E-state index in [1.54, 1.807) is 0 Å². The van der Waals surface area contributed by atoms with Gasteiger partial charge in [0.1, 0.15) is 6.17 Å². The second-order valence-corrected chi connectivity index (χ2v) is 5.19. The third-order valence-electron chi connectivity index (χ3n) is 3.37. The largest absolute Gasteiger partial charge is 0.377 e. The predicted octanol–water partition coefficient (Wildman–Crippen LogP) is 2.15. The van der Waals surface area contributed by atoms with E-state index in [-0.39, 0.29) is 11.6 Å². The van der Waals surface area contributed by atoms with Gasteiger partial charge in [-0.2, -0.15) is 0 Å². The van der Waals surface area contributed by atoms with Gasteiger partial charge >= 0.3 is 0 Å². The summed E-state index contributed by atoms with van der Waals surface area (Å²) in [4.78, 5) is 2.21. The number of rotatable bonds is 3. The van der Waals surface area contributed by atoms with Crippen molar-refractivity contribution in [3.63, 3.8) is 0 Å². The van der Waals surface area contributed by atoms with Gasteiger partial charge in [0.15, 0.2) is 0 Å². The van der Waals surface area contributed by atoms with Crippen molar-refractivity contribution >= 4 is 0 Å². The molecule has 2 aliphatic rings. The zero-order valence-electron chi connectivity index (χ0n) is 9.63. The molecule has 2 heterocycles. The maximum atomic E-state index is 13.4. The molecule has 0 N–H and O–H groups in total. The minimum absolute atomic E-state index is 0.0826. The maximum Gasteiger partial charge on any atom is 0.115 e. The van der Waals surface area contributed by atoms with Crippen molar-refractivity contribution in [3.05, 3.63) is 12.2 Å². The van der Waals surface area contributed by atoms with Crippen LogP contribution < -0.4 is 0 Å². The van der Waals surface area contributed by atoms with E-state index in [4.69, 9.17) is 4.74 Å². The first-order valence-electron chi connectivity index (χ1n) is 5.69. The molecule has 0 unspecified atom stereocenters. The van der Waals surface area contributed by atoms with Gasteiger partial charge in [0.25, 0.3) is 0 Å². The zero-order valence-corrected chi connectivity index (χ0v) is 9.63. The normalized spacial score (nSPS) is 36.5. The van der Waals surface area contributed by atoms with E-state index in [1.165, 1.54) is 5.57 Å². The number of hydrogen-bond acceptors (Lipinski definition) is 2. The highest BCUT2D eigenvalue weighted by atomic mass is 19.1. The Bertz CT molecular complexity index is 266. The Hall–Kier alpha value is -0.410. The SMILES string of the molecule is C=C1CN2C[C@@H](F)C[C@@]2(COC(C)C)C1. The van der Waals surface area contributed by atoms with Crippen LogP contribution in [-0.2, 0) is 4.74 Å². The zero-order chi connectivity index (χ0) is 11.1. The summed E-state index contributed by atoms with van der Waals surface area (Å²) in [6, 6.07) is 0. The minimum atomic E-state index is -0.686. The van der Waals surface area contributed by atoms with Crippen LogP contribution in [0.1, 0.15) is 26.7 Å². The monoisotopic (exact) mass is 213 g/mol. The van der Waals surface area contributed by atoms with Gasteiger partial charge in [-0.05, 0) is 20.3 Å². The quantitative estimate of drug-likeness (QED) is 0.666. The average molecular weight is 213 g/mol. The lowest BCUT2D eigenvalue weighted by atomic mass is 9.93. The summed E-state index contributed by atoms with van der Waals surface area (Å²) in [5, 5.41) is 0. The summed E-state index contributed by atoms with van der Waals surface area (Å²) in [5.74, 6) is 0. The lowest BCUT2D eigenvalue weighted by molar-refractivity contribution is 0.00295. The second-order valence-electron chi connectivity index (χ2n) is 5.19. The van der Waals surface area contributed by atoms with Gasteiger partial charge in [-0.3, -0.25) is 4.90 Å². The lowest BCUT2D eigenvalue weighted by Crippen LogP contribution is -2.43. The van der Waals surface area contributed by atoms with Crippen LogP contribution in [0.25, 0.3) is 0 Å². The third kappa shape index (κ3) is 2.08. The highest BCUT2D eigenvalue weighted by molar-refractivity contribution is 5.19. The van der Waals surface area contributed by atoms with Crippen molar-refractivity contribution in [2.24, 2.45) is 0 Å². The maximum absolute atomic E-state index is 13.4. The summed E-state index contributed by atoms with van der Waals surface area (Å²) < 4.78 is 19.1. The fraction of sp³-hybridized carbons (Fsp3) is 0.833. The highest BCUT2D eigenvalue weighted by Crippen LogP contribution is 2.42. The fourth-order valence-electron chi connectivity index (χ4n) is 2.77. The van der Waals surface area contributed by atoms with Crippen LogP contribution >= 0.6 is 0 Å². The molecule has 0 aromatic rings. The molecule has 0 amide bonds. The molecule has 2 aliphatic heterocycles. The van der Waals surface area contributed by atoms with E-state index < -0.39 is 6.17 Å². The number of alkyl halides is 1. The molecule has 3 heteroatoms. The van der Waals surface area contributed by atoms with Gasteiger partial charge in [0, 0.05) is 19.5 Å². The molecule has 2 rings (SSSR count). The number of fused-ring (bicyclic) bond motifs is 1. The first-order valence-corrected chi connectivity index (χ1v) is 5.69. The van der Waals surface area contributed by atoms with E-state index in [9.17, 15) is 4.39 Å². The molecule has 2 saturated heterocycles. The first-order chi connectivity index (χ1) is 7.02. The van der Waals surface area contributed by atoms with Crippen LogP contribution in [0.2, 0.25) is 0 Å². The average Bonchev–Trinajstić information content (AvgIpc) is 2.53. The van der Waals surface area contributed by atoms with Gasteiger partial charge < -0.3 is 4.74 Å². The number of nitrogens with zero attached hydrogens (tertiary/aromatic N) is 1. The Balaban J connectivity index is 2.05. The van der Waals surface area contributed by atoms with Gasteiger partial charge in [0.2, 0.25) is 0 Å². The second kappa shape index (κ2) is 3.87. The van der Waals surface area contributed by atoms with Crippen molar-refractivity contribution in [1.82, 2.24) is 4.90 Å². The number of ether oxygens (including phenoxy) is 1. The summed E-state index contributed by atoms with van der Waals surface area (Å²) in [6.45, 7) is 10.1. The minimum Gasteiger partial charge on any atom is -0.377 e. The highest BCUT2D eigenvalue weighted by Gasteiger charge is 2.50. The molecule has 0 bridgehead atoms. The number of halogens is 1. The lowest BCUT2D eigenvalue weighted by Gasteiger charge is -2.31. The van der Waals surface area contributed by atoms with E-state index in [1.807, 2.05) is 13.8 Å². The van der Waals surface area contributed by atoms with Gasteiger partial charge in [-0.1, -0.05) is 12.2 Å². The summed E-state index contributed by atoms with van der Waals surface area (Å²) >= 11 is 0. The molecule has 0 radical (unpaired) electrons. The van der Waals surface area contributed by atoms with Crippen LogP contribution in [-0.4, -0.2) is 42.4 Å². The van der Waals surface area contributed by atoms with Crippen molar-refractivity contribution in [2.45, 2.75) is 44.5 Å². The summed E-state index contributed by atoms with van der Waals surface area (Å²) in [7, 11) is 0.